The molecule has 2 aromatic carbocycles. The molecule has 11 heteroatoms. The molecule has 0 bridgehead atoms. The number of hydrogen-bond donors (Lipinski definition) is 2. The lowest BCUT2D eigenvalue weighted by molar-refractivity contribution is -0.117. The number of nitrogens with zero attached hydrogens (tertiary/aromatic N) is 1. The third kappa shape index (κ3) is 10.2. The van der Waals surface area contributed by atoms with Crippen molar-refractivity contribution >= 4 is 27.1 Å². The van der Waals surface area contributed by atoms with Crippen molar-refractivity contribution in [3.05, 3.63) is 53.6 Å². The minimum absolute atomic E-state index is 0.105. The second-order valence-electron chi connectivity index (χ2n) is 11.9. The van der Waals surface area contributed by atoms with Gasteiger partial charge in [0.1, 0.15) is 0 Å². The Morgan fingerprint density at radius 1 is 0.978 bits per heavy atom. The molecule has 2 N–H and O–H groups in total. The van der Waals surface area contributed by atoms with E-state index in [9.17, 15) is 18.3 Å². The van der Waals surface area contributed by atoms with Gasteiger partial charge in [-0.3, -0.25) is 4.79 Å². The van der Waals surface area contributed by atoms with Gasteiger partial charge in [0.25, 0.3) is 0 Å². The van der Waals surface area contributed by atoms with Crippen molar-refractivity contribution in [1.82, 2.24) is 0 Å². The molecule has 3 atom stereocenters. The van der Waals surface area contributed by atoms with Crippen LogP contribution < -0.4 is 10.2 Å². The molecule has 0 saturated heterocycles. The van der Waals surface area contributed by atoms with Crippen molar-refractivity contribution in [2.24, 2.45) is 5.41 Å². The molecular formula is C34H52N2O8S. The highest BCUT2D eigenvalue weighted by atomic mass is 32.2. The lowest BCUT2D eigenvalue weighted by Crippen LogP contribution is -2.42. The average molecular weight is 649 g/mol. The monoisotopic (exact) mass is 648 g/mol. The van der Waals surface area contributed by atoms with E-state index < -0.39 is 27.3 Å². The molecule has 2 aromatic rings. The van der Waals surface area contributed by atoms with Crippen molar-refractivity contribution in [2.75, 3.05) is 83.4 Å². The van der Waals surface area contributed by atoms with Gasteiger partial charge in [0, 0.05) is 43.9 Å². The Kier molecular flexibility index (Phi) is 14.7. The maximum atomic E-state index is 13.9. The van der Waals surface area contributed by atoms with E-state index in [4.69, 9.17) is 18.9 Å². The summed E-state index contributed by atoms with van der Waals surface area (Å²) < 4.78 is 49.0. The third-order valence-corrected chi connectivity index (χ3v) is 10.5. The molecule has 252 valence electrons. The Balaban J connectivity index is 1.75. The largest absolute Gasteiger partial charge is 0.392 e. The van der Waals surface area contributed by atoms with Crippen molar-refractivity contribution in [3.8, 4) is 0 Å². The maximum absolute atomic E-state index is 13.9. The second kappa shape index (κ2) is 18.0. The minimum Gasteiger partial charge on any atom is -0.392 e. The predicted molar refractivity (Wildman–Crippen MR) is 177 cm³/mol. The number of aliphatic hydroxyl groups is 1. The van der Waals surface area contributed by atoms with Crippen molar-refractivity contribution < 1.29 is 37.3 Å². The van der Waals surface area contributed by atoms with E-state index in [1.165, 1.54) is 0 Å². The van der Waals surface area contributed by atoms with Gasteiger partial charge >= 0.3 is 0 Å². The minimum atomic E-state index is -3.68. The fraction of sp³-hybridized carbons (Fsp3) is 0.618. The zero-order valence-electron chi connectivity index (χ0n) is 27.5. The molecule has 1 aliphatic heterocycles. The van der Waals surface area contributed by atoms with E-state index in [-0.39, 0.29) is 29.6 Å². The van der Waals surface area contributed by atoms with E-state index in [1.54, 1.807) is 19.2 Å². The summed E-state index contributed by atoms with van der Waals surface area (Å²) in [6, 6.07) is 12.8. The number of unbranched alkanes of at least 4 members (excludes halogenated alkanes) is 1. The second-order valence-corrected chi connectivity index (χ2v) is 13.8. The summed E-state index contributed by atoms with van der Waals surface area (Å²) in [5.41, 5.74) is 1.96. The SMILES string of the molecule is CCCCC1(CC)CS(=O)(=O)c2ccc(N(C)C)cc2C(c2cccc(NC(=O)CCOCCOCCOCCOC)c2)C1O. The standard InChI is InChI=1S/C34H52N2O8S/c1-6-8-15-34(7-2)25-45(39,40)30-13-12-28(36(3)4)24-29(30)32(33(34)38)26-10-9-11-27(23-26)35-31(37)14-16-42-19-20-44-22-21-43-18-17-41-5/h9-13,23-24,32-33,38H,6-8,14-22,25H2,1-5H3,(H,35,37). The lowest BCUT2D eigenvalue weighted by Gasteiger charge is -2.39. The summed E-state index contributed by atoms with van der Waals surface area (Å²) >= 11 is 0. The quantitative estimate of drug-likeness (QED) is 0.210. The van der Waals surface area contributed by atoms with Gasteiger partial charge in [0.15, 0.2) is 9.84 Å². The van der Waals surface area contributed by atoms with E-state index in [0.717, 1.165) is 24.1 Å². The van der Waals surface area contributed by atoms with Gasteiger partial charge in [-0.15, -0.1) is 0 Å². The number of anilines is 2. The smallest absolute Gasteiger partial charge is 0.226 e. The highest BCUT2D eigenvalue weighted by Gasteiger charge is 2.49. The molecule has 0 radical (unpaired) electrons. The molecule has 45 heavy (non-hydrogen) atoms. The van der Waals surface area contributed by atoms with Crippen LogP contribution in [0.1, 0.15) is 63.0 Å². The van der Waals surface area contributed by atoms with Gasteiger partial charge in [-0.2, -0.15) is 0 Å². The fourth-order valence-corrected chi connectivity index (χ4v) is 8.14. The number of aliphatic hydroxyl groups excluding tert-OH is 1. The highest BCUT2D eigenvalue weighted by molar-refractivity contribution is 7.91. The number of hydrogen-bond acceptors (Lipinski definition) is 9. The Labute approximate surface area is 269 Å². The number of carbonyl (C=O) groups is 1. The van der Waals surface area contributed by atoms with Crippen LogP contribution in [-0.2, 0) is 33.6 Å². The third-order valence-electron chi connectivity index (χ3n) is 8.51. The Hall–Kier alpha value is -2.54. The number of methoxy groups -OCH3 is 1. The first kappa shape index (κ1) is 36.9. The Bertz CT molecular complexity index is 1320. The Morgan fingerprint density at radius 3 is 2.27 bits per heavy atom. The zero-order chi connectivity index (χ0) is 32.9. The molecule has 1 heterocycles. The van der Waals surface area contributed by atoms with Gasteiger partial charge in [0.2, 0.25) is 5.91 Å². The number of ether oxygens (including phenoxy) is 4. The fourth-order valence-electron chi connectivity index (χ4n) is 5.89. The summed E-state index contributed by atoms with van der Waals surface area (Å²) in [5, 5.41) is 15.1. The number of rotatable bonds is 19. The number of benzene rings is 2. The number of nitrogens with one attached hydrogen (secondary N) is 1. The molecule has 0 spiro atoms. The zero-order valence-corrected chi connectivity index (χ0v) is 28.4. The normalized spacial score (nSPS) is 20.8. The molecule has 10 nitrogen and oxygen atoms in total. The summed E-state index contributed by atoms with van der Waals surface area (Å²) in [6.07, 6.45) is 2.08. The number of carbonyl (C=O) groups excluding carboxylic acids is 1. The van der Waals surface area contributed by atoms with Crippen molar-refractivity contribution in [3.63, 3.8) is 0 Å². The molecule has 0 aromatic heterocycles. The van der Waals surface area contributed by atoms with Crippen LogP contribution in [0.5, 0.6) is 0 Å². The van der Waals surface area contributed by atoms with E-state index in [2.05, 4.69) is 12.2 Å². The molecule has 3 unspecified atom stereocenters. The molecule has 0 aliphatic carbocycles. The van der Waals surface area contributed by atoms with Crippen LogP contribution >= 0.6 is 0 Å². The first-order chi connectivity index (χ1) is 21.6. The van der Waals surface area contributed by atoms with Crippen LogP contribution in [0, 0.1) is 5.41 Å². The number of sulfone groups is 1. The number of fused-ring (bicyclic) bond motifs is 1. The van der Waals surface area contributed by atoms with Gasteiger partial charge < -0.3 is 34.3 Å². The molecule has 0 fully saturated rings. The summed E-state index contributed by atoms with van der Waals surface area (Å²) in [5.74, 6) is -0.907. The van der Waals surface area contributed by atoms with E-state index in [1.807, 2.05) is 56.3 Å². The topological polar surface area (TPSA) is 124 Å². The summed E-state index contributed by atoms with van der Waals surface area (Å²) in [4.78, 5) is 15.0. The first-order valence-electron chi connectivity index (χ1n) is 15.9. The first-order valence-corrected chi connectivity index (χ1v) is 17.6. The molecule has 1 aliphatic rings. The Morgan fingerprint density at radius 2 is 1.64 bits per heavy atom. The summed E-state index contributed by atoms with van der Waals surface area (Å²) in [6.45, 7) is 7.09. The van der Waals surface area contributed by atoms with E-state index in [0.29, 0.717) is 63.7 Å². The number of amides is 1. The van der Waals surface area contributed by atoms with Gasteiger partial charge in [-0.1, -0.05) is 38.8 Å². The molecule has 1 amide bonds. The van der Waals surface area contributed by atoms with Gasteiger partial charge in [0.05, 0.1) is 69.4 Å². The molecule has 3 rings (SSSR count). The average Bonchev–Trinajstić information content (AvgIpc) is 3.08. The van der Waals surface area contributed by atoms with Crippen LogP contribution in [0.15, 0.2) is 47.4 Å². The molecule has 0 saturated carbocycles. The maximum Gasteiger partial charge on any atom is 0.226 e. The van der Waals surface area contributed by atoms with Crippen LogP contribution in [0.3, 0.4) is 0 Å². The lowest BCUT2D eigenvalue weighted by atomic mass is 9.69. The summed E-state index contributed by atoms with van der Waals surface area (Å²) in [7, 11) is 1.76. The van der Waals surface area contributed by atoms with Gasteiger partial charge in [-0.25, -0.2) is 8.42 Å². The van der Waals surface area contributed by atoms with Crippen molar-refractivity contribution in [1.29, 1.82) is 0 Å². The highest BCUT2D eigenvalue weighted by Crippen LogP contribution is 2.49. The van der Waals surface area contributed by atoms with Crippen molar-refractivity contribution in [2.45, 2.75) is 62.9 Å². The molecular weight excluding hydrogens is 596 g/mol. The van der Waals surface area contributed by atoms with Crippen LogP contribution in [0.4, 0.5) is 11.4 Å². The van der Waals surface area contributed by atoms with Crippen LogP contribution in [0.2, 0.25) is 0 Å². The van der Waals surface area contributed by atoms with Crippen LogP contribution in [-0.4, -0.2) is 98.7 Å². The predicted octanol–water partition coefficient (Wildman–Crippen LogP) is 4.64. The van der Waals surface area contributed by atoms with Gasteiger partial charge in [-0.05, 0) is 54.3 Å². The van der Waals surface area contributed by atoms with Crippen LogP contribution in [0.25, 0.3) is 0 Å². The van der Waals surface area contributed by atoms with E-state index >= 15 is 0 Å².